The Kier molecular flexibility index (Phi) is 5.53. The highest BCUT2D eigenvalue weighted by Gasteiger charge is 2.22. The molecule has 0 saturated carbocycles. The molecule has 0 bridgehead atoms. The van der Waals surface area contributed by atoms with Gasteiger partial charge in [-0.15, -0.1) is 5.10 Å². The number of thiophene rings is 1. The summed E-state index contributed by atoms with van der Waals surface area (Å²) in [6.45, 7) is 3.34. The Balaban J connectivity index is 2.15. The maximum Gasteiger partial charge on any atom is 0.183 e. The summed E-state index contributed by atoms with van der Waals surface area (Å²) in [5, 5.41) is 15.2. The van der Waals surface area contributed by atoms with Crippen LogP contribution in [0.5, 0.6) is 0 Å². The minimum atomic E-state index is -1.09. The van der Waals surface area contributed by atoms with E-state index in [-0.39, 0.29) is 11.5 Å². The van der Waals surface area contributed by atoms with Gasteiger partial charge in [-0.2, -0.15) is 16.4 Å². The predicted octanol–water partition coefficient (Wildman–Crippen LogP) is 3.87. The summed E-state index contributed by atoms with van der Waals surface area (Å²) in [6.07, 6.45) is 1.69. The van der Waals surface area contributed by atoms with Crippen LogP contribution in [-0.4, -0.2) is 24.6 Å². The van der Waals surface area contributed by atoms with Crippen molar-refractivity contribution in [3.63, 3.8) is 0 Å². The molecule has 3 N–H and O–H groups in total. The molecule has 0 amide bonds. The molecule has 9 heteroatoms. The summed E-state index contributed by atoms with van der Waals surface area (Å²) >= 11 is 1.55. The quantitative estimate of drug-likeness (QED) is 0.302. The smallest absolute Gasteiger partial charge is 0.183 e. The van der Waals surface area contributed by atoms with Gasteiger partial charge in [0, 0.05) is 25.5 Å². The van der Waals surface area contributed by atoms with E-state index in [0.717, 1.165) is 22.2 Å². The van der Waals surface area contributed by atoms with Crippen molar-refractivity contribution in [2.24, 2.45) is 16.0 Å². The van der Waals surface area contributed by atoms with Crippen molar-refractivity contribution in [3.05, 3.63) is 64.5 Å². The second kappa shape index (κ2) is 8.02. The minimum Gasteiger partial charge on any atom is -0.373 e. The van der Waals surface area contributed by atoms with E-state index in [0.29, 0.717) is 11.4 Å². The van der Waals surface area contributed by atoms with Gasteiger partial charge in [-0.1, -0.05) is 6.07 Å². The van der Waals surface area contributed by atoms with E-state index in [2.05, 4.69) is 27.2 Å². The van der Waals surface area contributed by atoms with E-state index in [1.165, 1.54) is 12.1 Å². The molecule has 0 radical (unpaired) electrons. The van der Waals surface area contributed by atoms with Crippen LogP contribution in [-0.2, 0) is 0 Å². The molecule has 0 atom stereocenters. The number of nitrogens with one attached hydrogen (secondary N) is 1. The molecule has 0 saturated heterocycles. The summed E-state index contributed by atoms with van der Waals surface area (Å²) in [5.74, 6) is 4.47. The van der Waals surface area contributed by atoms with E-state index >= 15 is 0 Å². The molecule has 0 aliphatic carbocycles. The van der Waals surface area contributed by atoms with Gasteiger partial charge in [-0.3, -0.25) is 5.01 Å². The number of hydrazine groups is 1. The molecule has 2 heterocycles. The summed E-state index contributed by atoms with van der Waals surface area (Å²) in [6, 6.07) is 7.44. The molecule has 0 fully saturated rings. The number of anilines is 2. The lowest BCUT2D eigenvalue weighted by Gasteiger charge is -2.22. The Morgan fingerprint density at radius 3 is 2.78 bits per heavy atom. The Morgan fingerprint density at radius 1 is 1.30 bits per heavy atom. The summed E-state index contributed by atoms with van der Waals surface area (Å²) in [4.78, 5) is 4.37. The van der Waals surface area contributed by atoms with Crippen molar-refractivity contribution >= 4 is 35.4 Å². The van der Waals surface area contributed by atoms with Gasteiger partial charge in [-0.25, -0.2) is 19.6 Å². The number of nitrogens with zero attached hydrogens (tertiary/aromatic N) is 4. The van der Waals surface area contributed by atoms with Crippen molar-refractivity contribution in [3.8, 4) is 11.1 Å². The molecular weight excluding hydrogens is 370 g/mol. The normalized spacial score (nSPS) is 11.3. The first kappa shape index (κ1) is 18.6. The van der Waals surface area contributed by atoms with Crippen LogP contribution in [0.2, 0.25) is 0 Å². The van der Waals surface area contributed by atoms with Crippen molar-refractivity contribution < 1.29 is 8.78 Å². The number of nitrogens with two attached hydrogens (primary N) is 1. The molecule has 1 aromatic carbocycles. The van der Waals surface area contributed by atoms with Crippen LogP contribution in [0, 0.1) is 11.6 Å². The van der Waals surface area contributed by atoms with Gasteiger partial charge in [0.05, 0.1) is 11.3 Å². The molecule has 0 aliphatic rings. The number of amidine groups is 1. The zero-order valence-corrected chi connectivity index (χ0v) is 15.2. The minimum absolute atomic E-state index is 0.0587. The third kappa shape index (κ3) is 3.69. The summed E-state index contributed by atoms with van der Waals surface area (Å²) in [7, 11) is 1.68. The van der Waals surface area contributed by atoms with Crippen molar-refractivity contribution in [1.29, 1.82) is 0 Å². The molecule has 0 unspecified atom stereocenters. The highest BCUT2D eigenvalue weighted by atomic mass is 32.1. The average molecular weight is 386 g/mol. The summed E-state index contributed by atoms with van der Waals surface area (Å²) in [5.41, 5.74) is 2.04. The third-order valence-electron chi connectivity index (χ3n) is 3.80. The largest absolute Gasteiger partial charge is 0.373 e. The topological polar surface area (TPSA) is 78.9 Å². The van der Waals surface area contributed by atoms with Gasteiger partial charge in [0.25, 0.3) is 0 Å². The second-order valence-corrected chi connectivity index (χ2v) is 6.17. The standard InChI is InChI=1S/C18H16F2N6S/c1-22-17-13(8-12(9-24-17)11-6-7-27-10-11)18(25-23-2)26(21)15-5-3-4-14(19)16(15)20/h3-10H,2,21H2,1H3,(H,22,24)/b25-18-. The first-order valence-corrected chi connectivity index (χ1v) is 8.74. The first-order valence-electron chi connectivity index (χ1n) is 7.80. The van der Waals surface area contributed by atoms with Crippen LogP contribution < -0.4 is 16.2 Å². The first-order chi connectivity index (χ1) is 13.1. The highest BCUT2D eigenvalue weighted by molar-refractivity contribution is 7.08. The average Bonchev–Trinajstić information content (AvgIpc) is 3.22. The molecule has 3 aromatic rings. The molecular formula is C18H16F2N6S. The van der Waals surface area contributed by atoms with Gasteiger partial charge in [0.2, 0.25) is 0 Å². The third-order valence-corrected chi connectivity index (χ3v) is 4.49. The zero-order valence-electron chi connectivity index (χ0n) is 14.4. The van der Waals surface area contributed by atoms with Gasteiger partial charge < -0.3 is 5.32 Å². The Morgan fingerprint density at radius 2 is 2.11 bits per heavy atom. The van der Waals surface area contributed by atoms with Gasteiger partial charge in [0.1, 0.15) is 5.82 Å². The Bertz CT molecular complexity index is 988. The molecule has 2 aromatic heterocycles. The number of aromatic nitrogens is 1. The zero-order chi connectivity index (χ0) is 19.4. The lowest BCUT2D eigenvalue weighted by Crippen LogP contribution is -2.39. The number of rotatable bonds is 5. The number of pyridine rings is 1. The van der Waals surface area contributed by atoms with Gasteiger partial charge in [-0.05, 0) is 40.6 Å². The summed E-state index contributed by atoms with van der Waals surface area (Å²) < 4.78 is 27.9. The molecule has 3 rings (SSSR count). The van der Waals surface area contributed by atoms with E-state index in [1.807, 2.05) is 16.8 Å². The van der Waals surface area contributed by atoms with Crippen molar-refractivity contribution in [2.45, 2.75) is 0 Å². The predicted molar refractivity (Wildman–Crippen MR) is 106 cm³/mol. The van der Waals surface area contributed by atoms with Crippen LogP contribution in [0.3, 0.4) is 0 Å². The fourth-order valence-corrected chi connectivity index (χ4v) is 3.18. The van der Waals surface area contributed by atoms with Gasteiger partial charge in [0.15, 0.2) is 17.5 Å². The Hall–Kier alpha value is -3.17. The molecule has 138 valence electrons. The molecule has 6 nitrogen and oxygen atoms in total. The molecule has 0 spiro atoms. The van der Waals surface area contributed by atoms with Crippen molar-refractivity contribution in [2.75, 3.05) is 17.4 Å². The van der Waals surface area contributed by atoms with Crippen LogP contribution in [0.1, 0.15) is 5.56 Å². The van der Waals surface area contributed by atoms with Gasteiger partial charge >= 0.3 is 0 Å². The van der Waals surface area contributed by atoms with Crippen molar-refractivity contribution in [1.82, 2.24) is 4.98 Å². The van der Waals surface area contributed by atoms with Crippen LogP contribution in [0.15, 0.2) is 57.5 Å². The maximum atomic E-state index is 14.2. The highest BCUT2D eigenvalue weighted by Crippen LogP contribution is 2.28. The SMILES string of the molecule is C=N/N=C(/c1cc(-c2ccsc2)cnc1NC)N(N)c1cccc(F)c1F. The fraction of sp³-hybridized carbons (Fsp3) is 0.0556. The van der Waals surface area contributed by atoms with E-state index in [1.54, 1.807) is 30.6 Å². The van der Waals surface area contributed by atoms with Crippen LogP contribution >= 0.6 is 11.3 Å². The monoisotopic (exact) mass is 386 g/mol. The fourth-order valence-electron chi connectivity index (χ4n) is 2.51. The lowest BCUT2D eigenvalue weighted by molar-refractivity contribution is 0.509. The van der Waals surface area contributed by atoms with E-state index < -0.39 is 11.6 Å². The van der Waals surface area contributed by atoms with E-state index in [4.69, 9.17) is 5.84 Å². The maximum absolute atomic E-state index is 14.2. The number of hydrogen-bond donors (Lipinski definition) is 2. The second-order valence-electron chi connectivity index (χ2n) is 5.39. The molecule has 27 heavy (non-hydrogen) atoms. The number of halogens is 2. The lowest BCUT2D eigenvalue weighted by atomic mass is 10.1. The molecule has 0 aliphatic heterocycles. The number of benzene rings is 1. The van der Waals surface area contributed by atoms with E-state index in [9.17, 15) is 8.78 Å². The Labute approximate surface area is 158 Å². The van der Waals surface area contributed by atoms with Crippen LogP contribution in [0.4, 0.5) is 20.3 Å². The van der Waals surface area contributed by atoms with Crippen LogP contribution in [0.25, 0.3) is 11.1 Å². The number of hydrogen-bond acceptors (Lipinski definition) is 6.